The predicted molar refractivity (Wildman–Crippen MR) is 38.1 cm³/mol. The number of nitrogens with zero attached hydrogens (tertiary/aromatic N) is 1. The summed E-state index contributed by atoms with van der Waals surface area (Å²) in [6, 6.07) is 1.56. The van der Waals surface area contributed by atoms with Crippen LogP contribution in [0, 0.1) is 13.5 Å². The fourth-order valence-electron chi connectivity index (χ4n) is 0.659. The van der Waals surface area contributed by atoms with Crippen LogP contribution in [-0.2, 0) is 0 Å². The van der Waals surface area contributed by atoms with E-state index < -0.39 is 0 Å². The highest BCUT2D eigenvalue weighted by Crippen LogP contribution is 2.04. The number of pyridine rings is 1. The number of H-pyrrole nitrogens is 1. The van der Waals surface area contributed by atoms with Crippen LogP contribution in [0.15, 0.2) is 17.1 Å². The molecule has 1 rings (SSSR count). The molecule has 0 fully saturated rings. The maximum atomic E-state index is 10.7. The molecule has 0 saturated carbocycles. The van der Waals surface area contributed by atoms with Crippen molar-refractivity contribution >= 4 is 5.69 Å². The number of aromatic nitrogens is 1. The van der Waals surface area contributed by atoms with E-state index in [1.807, 2.05) is 6.92 Å². The highest BCUT2D eigenvalue weighted by molar-refractivity contribution is 5.43. The van der Waals surface area contributed by atoms with Gasteiger partial charge in [0.05, 0.1) is 6.57 Å². The van der Waals surface area contributed by atoms with Gasteiger partial charge in [0.25, 0.3) is 11.2 Å². The molecule has 0 aliphatic carbocycles. The lowest BCUT2D eigenvalue weighted by Crippen LogP contribution is -2.02. The minimum Gasteiger partial charge on any atom is -0.338 e. The van der Waals surface area contributed by atoms with Gasteiger partial charge in [0.15, 0.2) is 0 Å². The van der Waals surface area contributed by atoms with E-state index in [-0.39, 0.29) is 11.2 Å². The zero-order valence-electron chi connectivity index (χ0n) is 5.51. The molecule has 0 amide bonds. The van der Waals surface area contributed by atoms with E-state index >= 15 is 0 Å². The van der Waals surface area contributed by atoms with Crippen molar-refractivity contribution in [2.45, 2.75) is 6.92 Å². The Hall–Kier alpha value is -1.56. The van der Waals surface area contributed by atoms with Gasteiger partial charge in [-0.2, -0.15) is 0 Å². The molecule has 10 heavy (non-hydrogen) atoms. The zero-order chi connectivity index (χ0) is 7.56. The van der Waals surface area contributed by atoms with Crippen LogP contribution >= 0.6 is 0 Å². The average Bonchev–Trinajstić information content (AvgIpc) is 1.94. The van der Waals surface area contributed by atoms with E-state index in [0.717, 1.165) is 5.56 Å². The first-order valence-electron chi connectivity index (χ1n) is 2.81. The van der Waals surface area contributed by atoms with E-state index in [1.165, 1.54) is 0 Å². The van der Waals surface area contributed by atoms with E-state index in [0.29, 0.717) is 0 Å². The second-order valence-electron chi connectivity index (χ2n) is 2.00. The summed E-state index contributed by atoms with van der Waals surface area (Å²) in [4.78, 5) is 16.2. The van der Waals surface area contributed by atoms with Crippen molar-refractivity contribution in [1.29, 1.82) is 0 Å². The third-order valence-electron chi connectivity index (χ3n) is 1.15. The second-order valence-corrected chi connectivity index (χ2v) is 2.00. The number of hydrogen-bond acceptors (Lipinski definition) is 1. The molecule has 0 saturated heterocycles. The Kier molecular flexibility index (Phi) is 1.55. The lowest BCUT2D eigenvalue weighted by Gasteiger charge is -1.89. The first-order chi connectivity index (χ1) is 4.74. The summed E-state index contributed by atoms with van der Waals surface area (Å²) in [5.74, 6) is 0. The van der Waals surface area contributed by atoms with Crippen molar-refractivity contribution in [1.82, 2.24) is 4.98 Å². The van der Waals surface area contributed by atoms with E-state index in [4.69, 9.17) is 6.57 Å². The lowest BCUT2D eigenvalue weighted by atomic mass is 10.3. The molecule has 3 heteroatoms. The minimum absolute atomic E-state index is 0.153. The molecule has 0 bridgehead atoms. The van der Waals surface area contributed by atoms with E-state index in [1.54, 1.807) is 12.3 Å². The highest BCUT2D eigenvalue weighted by Gasteiger charge is 1.95. The third kappa shape index (κ3) is 1.06. The summed E-state index contributed by atoms with van der Waals surface area (Å²) in [7, 11) is 0. The van der Waals surface area contributed by atoms with E-state index in [2.05, 4.69) is 9.83 Å². The van der Waals surface area contributed by atoms with Crippen LogP contribution in [0.3, 0.4) is 0 Å². The smallest absolute Gasteiger partial charge is 0.254 e. The molecular weight excluding hydrogens is 128 g/mol. The second kappa shape index (κ2) is 2.36. The fraction of sp³-hybridized carbons (Fsp3) is 0.143. The largest absolute Gasteiger partial charge is 0.338 e. The molecular formula is C7H6N2O. The molecule has 1 aromatic heterocycles. The van der Waals surface area contributed by atoms with Crippen molar-refractivity contribution in [2.24, 2.45) is 0 Å². The van der Waals surface area contributed by atoms with Crippen LogP contribution in [0.5, 0.6) is 0 Å². The summed E-state index contributed by atoms with van der Waals surface area (Å²) >= 11 is 0. The Morgan fingerprint density at radius 2 is 2.40 bits per heavy atom. The number of aryl methyl sites for hydroxylation is 1. The van der Waals surface area contributed by atoms with Gasteiger partial charge in [-0.3, -0.25) is 4.79 Å². The molecule has 0 atom stereocenters. The molecule has 1 N–H and O–H groups in total. The Morgan fingerprint density at radius 3 is 2.90 bits per heavy atom. The molecule has 0 aromatic carbocycles. The molecule has 0 radical (unpaired) electrons. The quantitative estimate of drug-likeness (QED) is 0.532. The van der Waals surface area contributed by atoms with Gasteiger partial charge in [-0.25, -0.2) is 4.85 Å². The van der Waals surface area contributed by atoms with Crippen molar-refractivity contribution in [2.75, 3.05) is 0 Å². The summed E-state index contributed by atoms with van der Waals surface area (Å²) in [6.07, 6.45) is 1.58. The molecule has 1 heterocycles. The van der Waals surface area contributed by atoms with Gasteiger partial charge in [-0.1, -0.05) is 0 Å². The molecule has 3 nitrogen and oxygen atoms in total. The minimum atomic E-state index is -0.319. The fourth-order valence-corrected chi connectivity index (χ4v) is 0.659. The van der Waals surface area contributed by atoms with Gasteiger partial charge >= 0.3 is 0 Å². The molecule has 0 aliphatic heterocycles. The Bertz CT molecular complexity index is 332. The van der Waals surface area contributed by atoms with Crippen LogP contribution in [0.1, 0.15) is 5.56 Å². The van der Waals surface area contributed by atoms with Crippen molar-refractivity contribution in [3.63, 3.8) is 0 Å². The topological polar surface area (TPSA) is 37.2 Å². The standard InChI is InChI=1S/C7H6N2O/c1-5-3-6(8-2)7(10)9-4-5/h3-4H,1H3,(H,9,10). The van der Waals surface area contributed by atoms with Gasteiger partial charge < -0.3 is 4.98 Å². The van der Waals surface area contributed by atoms with Gasteiger partial charge in [-0.05, 0) is 18.6 Å². The van der Waals surface area contributed by atoms with Crippen LogP contribution in [0.2, 0.25) is 0 Å². The lowest BCUT2D eigenvalue weighted by molar-refractivity contribution is 1.21. The van der Waals surface area contributed by atoms with Crippen molar-refractivity contribution in [3.05, 3.63) is 39.6 Å². The Labute approximate surface area is 58.1 Å². The van der Waals surface area contributed by atoms with Crippen LogP contribution in [0.4, 0.5) is 5.69 Å². The maximum Gasteiger partial charge on any atom is 0.254 e. The molecule has 0 spiro atoms. The van der Waals surface area contributed by atoms with Crippen molar-refractivity contribution < 1.29 is 0 Å². The van der Waals surface area contributed by atoms with Gasteiger partial charge in [0.2, 0.25) is 0 Å². The average molecular weight is 134 g/mol. The summed E-state index contributed by atoms with van der Waals surface area (Å²) in [6.45, 7) is 8.41. The van der Waals surface area contributed by atoms with Gasteiger partial charge in [0.1, 0.15) is 0 Å². The first-order valence-corrected chi connectivity index (χ1v) is 2.81. The Balaban J connectivity index is 3.40. The zero-order valence-corrected chi connectivity index (χ0v) is 5.51. The van der Waals surface area contributed by atoms with Gasteiger partial charge in [-0.15, -0.1) is 0 Å². The van der Waals surface area contributed by atoms with Crippen LogP contribution in [-0.4, -0.2) is 4.98 Å². The number of hydrogen-bond donors (Lipinski definition) is 1. The molecule has 0 unspecified atom stereocenters. The predicted octanol–water partition coefficient (Wildman–Crippen LogP) is 1.23. The highest BCUT2D eigenvalue weighted by atomic mass is 16.1. The number of nitrogens with one attached hydrogen (secondary N) is 1. The number of aromatic amines is 1. The maximum absolute atomic E-state index is 10.7. The van der Waals surface area contributed by atoms with Crippen molar-refractivity contribution in [3.8, 4) is 0 Å². The SMILES string of the molecule is [C-]#[N+]c1cc(C)c[nH]c1=O. The molecule has 50 valence electrons. The summed E-state index contributed by atoms with van der Waals surface area (Å²) < 4.78 is 0. The number of rotatable bonds is 0. The summed E-state index contributed by atoms with van der Waals surface area (Å²) in [5.41, 5.74) is 0.728. The first kappa shape index (κ1) is 6.56. The normalized spacial score (nSPS) is 8.80. The molecule has 1 aromatic rings. The summed E-state index contributed by atoms with van der Waals surface area (Å²) in [5, 5.41) is 0. The van der Waals surface area contributed by atoms with E-state index in [9.17, 15) is 4.79 Å². The van der Waals surface area contributed by atoms with Gasteiger partial charge in [0, 0.05) is 6.20 Å². The van der Waals surface area contributed by atoms with Crippen LogP contribution in [0.25, 0.3) is 4.85 Å². The van der Waals surface area contributed by atoms with Crippen LogP contribution < -0.4 is 5.56 Å². The monoisotopic (exact) mass is 134 g/mol. The molecule has 0 aliphatic rings. The Morgan fingerprint density at radius 1 is 1.70 bits per heavy atom. The third-order valence-corrected chi connectivity index (χ3v) is 1.15.